The number of fused-ring (bicyclic) bond motifs is 1. The second-order valence-corrected chi connectivity index (χ2v) is 6.73. The van der Waals surface area contributed by atoms with Gasteiger partial charge in [-0.05, 0) is 13.3 Å². The first kappa shape index (κ1) is 17.7. The summed E-state index contributed by atoms with van der Waals surface area (Å²) in [6, 6.07) is 0.0610. The lowest BCUT2D eigenvalue weighted by molar-refractivity contribution is 0.0297. The molecular formula is C17H27N5O3. The Morgan fingerprint density at radius 2 is 1.96 bits per heavy atom. The van der Waals surface area contributed by atoms with Crippen molar-refractivity contribution >= 4 is 11.9 Å². The number of nitrogens with zero attached hydrogens (tertiary/aromatic N) is 4. The van der Waals surface area contributed by atoms with E-state index in [1.165, 1.54) is 0 Å². The van der Waals surface area contributed by atoms with Gasteiger partial charge >= 0.3 is 6.03 Å². The van der Waals surface area contributed by atoms with Crippen LogP contribution in [-0.2, 0) is 24.8 Å². The van der Waals surface area contributed by atoms with Gasteiger partial charge in [-0.1, -0.05) is 6.92 Å². The lowest BCUT2D eigenvalue weighted by Gasteiger charge is -2.30. The van der Waals surface area contributed by atoms with Crippen molar-refractivity contribution in [3.63, 3.8) is 0 Å². The van der Waals surface area contributed by atoms with Crippen LogP contribution in [-0.4, -0.2) is 70.4 Å². The molecule has 1 saturated heterocycles. The Hall–Kier alpha value is -2.09. The van der Waals surface area contributed by atoms with E-state index in [1.807, 2.05) is 20.9 Å². The third-order valence-electron chi connectivity index (χ3n) is 5.01. The van der Waals surface area contributed by atoms with Crippen LogP contribution in [0.2, 0.25) is 0 Å². The molecule has 8 heteroatoms. The van der Waals surface area contributed by atoms with Gasteiger partial charge in [0.2, 0.25) is 0 Å². The first-order valence-corrected chi connectivity index (χ1v) is 8.98. The predicted octanol–water partition coefficient (Wildman–Crippen LogP) is 0.759. The van der Waals surface area contributed by atoms with Crippen LogP contribution in [0, 0.1) is 0 Å². The highest BCUT2D eigenvalue weighted by atomic mass is 16.5. The van der Waals surface area contributed by atoms with E-state index in [-0.39, 0.29) is 18.0 Å². The smallest absolute Gasteiger partial charge is 0.317 e. The van der Waals surface area contributed by atoms with Gasteiger partial charge in [-0.25, -0.2) is 4.79 Å². The summed E-state index contributed by atoms with van der Waals surface area (Å²) in [5.74, 6) is -0.0654. The molecule has 1 atom stereocenters. The summed E-state index contributed by atoms with van der Waals surface area (Å²) in [5.41, 5.74) is 2.40. The zero-order valence-electron chi connectivity index (χ0n) is 15.2. The number of urea groups is 1. The monoisotopic (exact) mass is 349 g/mol. The molecule has 0 saturated carbocycles. The molecule has 1 N–H and O–H groups in total. The van der Waals surface area contributed by atoms with E-state index >= 15 is 0 Å². The number of aryl methyl sites for hydroxylation is 1. The molecule has 3 rings (SSSR count). The summed E-state index contributed by atoms with van der Waals surface area (Å²) in [6.07, 6.45) is 1.60. The molecule has 1 fully saturated rings. The quantitative estimate of drug-likeness (QED) is 0.874. The van der Waals surface area contributed by atoms with Crippen LogP contribution < -0.4 is 5.32 Å². The number of carbonyl (C=O) groups is 2. The third-order valence-corrected chi connectivity index (χ3v) is 5.01. The standard InChI is InChI=1S/C17H27N5O3/c1-4-12(2)18-17(24)22-6-5-14-13(11-22)15(19-20(14)3)16(23)21-7-9-25-10-8-21/h12H,4-11H2,1-3H3,(H,18,24). The molecule has 0 spiro atoms. The molecule has 0 bridgehead atoms. The molecule has 1 unspecified atom stereocenters. The van der Waals surface area contributed by atoms with Crippen LogP contribution in [0.15, 0.2) is 0 Å². The number of hydrogen-bond donors (Lipinski definition) is 1. The molecule has 3 heterocycles. The van der Waals surface area contributed by atoms with Crippen molar-refractivity contribution in [1.82, 2.24) is 24.9 Å². The predicted molar refractivity (Wildman–Crippen MR) is 92.3 cm³/mol. The average Bonchev–Trinajstić information content (AvgIpc) is 2.97. The van der Waals surface area contributed by atoms with Crippen LogP contribution >= 0.6 is 0 Å². The van der Waals surface area contributed by atoms with E-state index in [0.29, 0.717) is 51.5 Å². The minimum Gasteiger partial charge on any atom is -0.378 e. The summed E-state index contributed by atoms with van der Waals surface area (Å²) >= 11 is 0. The van der Waals surface area contributed by atoms with E-state index < -0.39 is 0 Å². The molecular weight excluding hydrogens is 322 g/mol. The highest BCUT2D eigenvalue weighted by Crippen LogP contribution is 2.23. The maximum atomic E-state index is 12.9. The average molecular weight is 349 g/mol. The largest absolute Gasteiger partial charge is 0.378 e. The lowest BCUT2D eigenvalue weighted by Crippen LogP contribution is -2.46. The van der Waals surface area contributed by atoms with Crippen LogP contribution in [0.3, 0.4) is 0 Å². The number of rotatable bonds is 3. The SMILES string of the molecule is CCC(C)NC(=O)N1CCc2c(c(C(=O)N3CCOCC3)nn2C)C1. The topological polar surface area (TPSA) is 79.7 Å². The zero-order valence-corrected chi connectivity index (χ0v) is 15.2. The Morgan fingerprint density at radius 1 is 1.24 bits per heavy atom. The van der Waals surface area contributed by atoms with Crippen molar-refractivity contribution in [1.29, 1.82) is 0 Å². The third kappa shape index (κ3) is 3.63. The fourth-order valence-corrected chi connectivity index (χ4v) is 3.26. The van der Waals surface area contributed by atoms with E-state index in [1.54, 1.807) is 14.5 Å². The van der Waals surface area contributed by atoms with Crippen molar-refractivity contribution in [2.24, 2.45) is 7.05 Å². The number of carbonyl (C=O) groups excluding carboxylic acids is 2. The fraction of sp³-hybridized carbons (Fsp3) is 0.706. The maximum absolute atomic E-state index is 12.9. The van der Waals surface area contributed by atoms with Crippen LogP contribution in [0.1, 0.15) is 42.0 Å². The first-order valence-electron chi connectivity index (χ1n) is 8.98. The minimum atomic E-state index is -0.0753. The fourth-order valence-electron chi connectivity index (χ4n) is 3.26. The van der Waals surface area contributed by atoms with Gasteiger partial charge in [0.1, 0.15) is 0 Å². The number of aromatic nitrogens is 2. The van der Waals surface area contributed by atoms with Gasteiger partial charge in [-0.3, -0.25) is 9.48 Å². The van der Waals surface area contributed by atoms with E-state index in [2.05, 4.69) is 10.4 Å². The molecule has 0 aromatic carbocycles. The molecule has 0 aliphatic carbocycles. The molecule has 2 aliphatic rings. The van der Waals surface area contributed by atoms with Gasteiger partial charge in [0.15, 0.2) is 5.69 Å². The van der Waals surface area contributed by atoms with Gasteiger partial charge < -0.3 is 19.9 Å². The molecule has 25 heavy (non-hydrogen) atoms. The highest BCUT2D eigenvalue weighted by molar-refractivity contribution is 5.94. The Kier molecular flexibility index (Phi) is 5.27. The number of ether oxygens (including phenoxy) is 1. The second-order valence-electron chi connectivity index (χ2n) is 6.73. The van der Waals surface area contributed by atoms with Crippen LogP contribution in [0.4, 0.5) is 4.79 Å². The van der Waals surface area contributed by atoms with Gasteiger partial charge in [-0.2, -0.15) is 5.10 Å². The molecule has 1 aromatic heterocycles. The first-order chi connectivity index (χ1) is 12.0. The molecule has 0 radical (unpaired) electrons. The second kappa shape index (κ2) is 7.43. The molecule has 8 nitrogen and oxygen atoms in total. The maximum Gasteiger partial charge on any atom is 0.317 e. The summed E-state index contributed by atoms with van der Waals surface area (Å²) in [4.78, 5) is 28.9. The Balaban J connectivity index is 1.78. The number of amides is 3. The van der Waals surface area contributed by atoms with Crippen molar-refractivity contribution in [3.05, 3.63) is 17.0 Å². The van der Waals surface area contributed by atoms with Crippen molar-refractivity contribution < 1.29 is 14.3 Å². The van der Waals surface area contributed by atoms with E-state index in [4.69, 9.17) is 4.74 Å². The van der Waals surface area contributed by atoms with Gasteiger partial charge in [0.05, 0.1) is 19.8 Å². The van der Waals surface area contributed by atoms with Gasteiger partial charge in [-0.15, -0.1) is 0 Å². The zero-order chi connectivity index (χ0) is 18.0. The Bertz CT molecular complexity index is 651. The summed E-state index contributed by atoms with van der Waals surface area (Å²) < 4.78 is 7.10. The molecule has 138 valence electrons. The molecule has 3 amide bonds. The lowest BCUT2D eigenvalue weighted by atomic mass is 10.0. The highest BCUT2D eigenvalue weighted by Gasteiger charge is 2.31. The van der Waals surface area contributed by atoms with Crippen molar-refractivity contribution in [3.8, 4) is 0 Å². The van der Waals surface area contributed by atoms with Gasteiger partial charge in [0, 0.05) is 50.4 Å². The van der Waals surface area contributed by atoms with E-state index in [9.17, 15) is 9.59 Å². The summed E-state index contributed by atoms with van der Waals surface area (Å²) in [5, 5.41) is 7.46. The normalized spacial score (nSPS) is 18.7. The molecule has 2 aliphatic heterocycles. The van der Waals surface area contributed by atoms with Crippen molar-refractivity contribution in [2.45, 2.75) is 39.3 Å². The number of nitrogens with one attached hydrogen (secondary N) is 1. The Labute approximate surface area is 148 Å². The number of morpholine rings is 1. The minimum absolute atomic E-state index is 0.0654. The van der Waals surface area contributed by atoms with Gasteiger partial charge in [0.25, 0.3) is 5.91 Å². The van der Waals surface area contributed by atoms with Crippen LogP contribution in [0.5, 0.6) is 0 Å². The van der Waals surface area contributed by atoms with Crippen molar-refractivity contribution in [2.75, 3.05) is 32.8 Å². The summed E-state index contributed by atoms with van der Waals surface area (Å²) in [6.45, 7) is 7.39. The number of hydrogen-bond acceptors (Lipinski definition) is 4. The summed E-state index contributed by atoms with van der Waals surface area (Å²) in [7, 11) is 1.86. The van der Waals surface area contributed by atoms with E-state index in [0.717, 1.165) is 17.7 Å². The molecule has 1 aromatic rings. The Morgan fingerprint density at radius 3 is 2.64 bits per heavy atom. The van der Waals surface area contributed by atoms with Crippen LogP contribution in [0.25, 0.3) is 0 Å².